The molecule has 116 valence electrons. The van der Waals surface area contributed by atoms with E-state index >= 15 is 0 Å². The normalized spacial score (nSPS) is 20.5. The molecule has 3 nitrogen and oxygen atoms in total. The number of benzene rings is 1. The fraction of sp³-hybridized carbons (Fsp3) is 0.611. The summed E-state index contributed by atoms with van der Waals surface area (Å²) in [5, 5.41) is 9.19. The maximum Gasteiger partial charge on any atom is 0.307 e. The summed E-state index contributed by atoms with van der Waals surface area (Å²) in [5.41, 5.74) is 4.08. The topological polar surface area (TPSA) is 40.5 Å². The van der Waals surface area contributed by atoms with Crippen LogP contribution in [0.3, 0.4) is 0 Å². The van der Waals surface area contributed by atoms with E-state index < -0.39 is 5.97 Å². The van der Waals surface area contributed by atoms with E-state index in [2.05, 4.69) is 50.8 Å². The summed E-state index contributed by atoms with van der Waals surface area (Å²) in [7, 11) is 0. The Labute approximate surface area is 128 Å². The van der Waals surface area contributed by atoms with Crippen molar-refractivity contribution in [1.82, 2.24) is 4.90 Å². The van der Waals surface area contributed by atoms with E-state index in [4.69, 9.17) is 0 Å². The maximum atomic E-state index is 11.2. The Morgan fingerprint density at radius 3 is 2.67 bits per heavy atom. The molecule has 3 heteroatoms. The van der Waals surface area contributed by atoms with Crippen LogP contribution in [-0.4, -0.2) is 29.1 Å². The van der Waals surface area contributed by atoms with E-state index in [9.17, 15) is 9.90 Å². The molecule has 1 unspecified atom stereocenters. The lowest BCUT2D eigenvalue weighted by atomic mass is 9.85. The van der Waals surface area contributed by atoms with Crippen molar-refractivity contribution >= 4 is 5.97 Å². The van der Waals surface area contributed by atoms with E-state index in [0.717, 1.165) is 25.9 Å². The van der Waals surface area contributed by atoms with Gasteiger partial charge in [0.15, 0.2) is 0 Å². The lowest BCUT2D eigenvalue weighted by Gasteiger charge is -2.31. The molecule has 2 rings (SSSR count). The predicted octanol–water partition coefficient (Wildman–Crippen LogP) is 3.59. The smallest absolute Gasteiger partial charge is 0.307 e. The number of aliphatic carboxylic acids is 1. The monoisotopic (exact) mass is 289 g/mol. The molecule has 1 atom stereocenters. The van der Waals surface area contributed by atoms with Crippen LogP contribution in [0.25, 0.3) is 0 Å². The van der Waals surface area contributed by atoms with Gasteiger partial charge in [-0.15, -0.1) is 0 Å². The van der Waals surface area contributed by atoms with Gasteiger partial charge in [0.05, 0.1) is 5.92 Å². The minimum atomic E-state index is -0.653. The molecule has 0 bridgehead atoms. The third kappa shape index (κ3) is 4.31. The standard InChI is InChI=1S/C18H27NO2/c1-13-8-14(10-16(9-13)18(2,3)4)11-19-7-5-6-15(12-19)17(20)21/h8-10,15H,5-7,11-12H2,1-4H3,(H,20,21). The van der Waals surface area contributed by atoms with E-state index in [1.807, 2.05) is 0 Å². The highest BCUT2D eigenvalue weighted by atomic mass is 16.4. The zero-order chi connectivity index (χ0) is 15.6. The van der Waals surface area contributed by atoms with Crippen LogP contribution in [0.2, 0.25) is 0 Å². The van der Waals surface area contributed by atoms with E-state index in [0.29, 0.717) is 6.54 Å². The minimum Gasteiger partial charge on any atom is -0.481 e. The third-order valence-corrected chi connectivity index (χ3v) is 4.26. The highest BCUT2D eigenvalue weighted by molar-refractivity contribution is 5.70. The molecule has 1 aromatic rings. The van der Waals surface area contributed by atoms with Crippen LogP contribution >= 0.6 is 0 Å². The number of hydrogen-bond acceptors (Lipinski definition) is 2. The van der Waals surface area contributed by atoms with Crippen LogP contribution in [-0.2, 0) is 16.8 Å². The van der Waals surface area contributed by atoms with Crippen LogP contribution in [0.1, 0.15) is 50.3 Å². The van der Waals surface area contributed by atoms with Gasteiger partial charge in [-0.05, 0) is 42.9 Å². The van der Waals surface area contributed by atoms with Crippen molar-refractivity contribution in [1.29, 1.82) is 0 Å². The fourth-order valence-corrected chi connectivity index (χ4v) is 3.05. The lowest BCUT2D eigenvalue weighted by molar-refractivity contribution is -0.143. The van der Waals surface area contributed by atoms with Gasteiger partial charge in [0.1, 0.15) is 0 Å². The third-order valence-electron chi connectivity index (χ3n) is 4.26. The summed E-state index contributed by atoms with van der Waals surface area (Å²) in [5.74, 6) is -0.857. The van der Waals surface area contributed by atoms with Crippen molar-refractivity contribution in [2.45, 2.75) is 52.5 Å². The molecule has 21 heavy (non-hydrogen) atoms. The Morgan fingerprint density at radius 1 is 1.33 bits per heavy atom. The summed E-state index contributed by atoms with van der Waals surface area (Å²) in [6, 6.07) is 6.75. The molecule has 1 saturated heterocycles. The summed E-state index contributed by atoms with van der Waals surface area (Å²) in [6.07, 6.45) is 1.79. The fourth-order valence-electron chi connectivity index (χ4n) is 3.05. The Morgan fingerprint density at radius 2 is 2.05 bits per heavy atom. The lowest BCUT2D eigenvalue weighted by Crippen LogP contribution is -2.38. The van der Waals surface area contributed by atoms with Gasteiger partial charge < -0.3 is 5.11 Å². The number of rotatable bonds is 3. The average Bonchev–Trinajstić information content (AvgIpc) is 2.37. The van der Waals surface area contributed by atoms with Crippen LogP contribution in [0, 0.1) is 12.8 Å². The Balaban J connectivity index is 2.12. The van der Waals surface area contributed by atoms with E-state index in [1.165, 1.54) is 16.7 Å². The SMILES string of the molecule is Cc1cc(CN2CCCC(C(=O)O)C2)cc(C(C)(C)C)c1. The first-order valence-corrected chi connectivity index (χ1v) is 7.82. The Bertz CT molecular complexity index is 516. The highest BCUT2D eigenvalue weighted by Crippen LogP contribution is 2.26. The average molecular weight is 289 g/mol. The van der Waals surface area contributed by atoms with Gasteiger partial charge in [0, 0.05) is 13.1 Å². The Kier molecular flexibility index (Phi) is 4.72. The molecular formula is C18H27NO2. The molecule has 1 heterocycles. The summed E-state index contributed by atoms with van der Waals surface area (Å²) in [4.78, 5) is 13.4. The van der Waals surface area contributed by atoms with Crippen molar-refractivity contribution in [3.63, 3.8) is 0 Å². The number of likely N-dealkylation sites (tertiary alicyclic amines) is 1. The molecule has 0 saturated carbocycles. The molecular weight excluding hydrogens is 262 g/mol. The summed E-state index contributed by atoms with van der Waals surface area (Å²) >= 11 is 0. The van der Waals surface area contributed by atoms with Crippen LogP contribution in [0.4, 0.5) is 0 Å². The second-order valence-corrected chi connectivity index (χ2v) is 7.37. The molecule has 0 radical (unpaired) electrons. The largest absolute Gasteiger partial charge is 0.481 e. The molecule has 0 spiro atoms. The van der Waals surface area contributed by atoms with Gasteiger partial charge >= 0.3 is 5.97 Å². The van der Waals surface area contributed by atoms with Gasteiger partial charge in [-0.3, -0.25) is 9.69 Å². The second-order valence-electron chi connectivity index (χ2n) is 7.37. The number of aryl methyl sites for hydroxylation is 1. The number of hydrogen-bond donors (Lipinski definition) is 1. The van der Waals surface area contributed by atoms with Crippen molar-refractivity contribution in [3.8, 4) is 0 Å². The van der Waals surface area contributed by atoms with Gasteiger partial charge in [-0.2, -0.15) is 0 Å². The zero-order valence-corrected chi connectivity index (χ0v) is 13.6. The molecule has 0 amide bonds. The number of carbonyl (C=O) groups is 1. The van der Waals surface area contributed by atoms with Crippen molar-refractivity contribution in [2.75, 3.05) is 13.1 Å². The molecule has 0 aromatic heterocycles. The Hall–Kier alpha value is -1.35. The highest BCUT2D eigenvalue weighted by Gasteiger charge is 2.25. The van der Waals surface area contributed by atoms with Crippen molar-refractivity contribution in [3.05, 3.63) is 34.9 Å². The predicted molar refractivity (Wildman–Crippen MR) is 85.5 cm³/mol. The van der Waals surface area contributed by atoms with Crippen LogP contribution < -0.4 is 0 Å². The van der Waals surface area contributed by atoms with Crippen molar-refractivity contribution in [2.24, 2.45) is 5.92 Å². The molecule has 1 fully saturated rings. The molecule has 1 aromatic carbocycles. The number of piperidine rings is 1. The quantitative estimate of drug-likeness (QED) is 0.924. The zero-order valence-electron chi connectivity index (χ0n) is 13.6. The van der Waals surface area contributed by atoms with Crippen LogP contribution in [0.15, 0.2) is 18.2 Å². The molecule has 1 N–H and O–H groups in total. The number of carboxylic acid groups (broad SMARTS) is 1. The van der Waals surface area contributed by atoms with Gasteiger partial charge in [0.2, 0.25) is 0 Å². The van der Waals surface area contributed by atoms with Crippen LogP contribution in [0.5, 0.6) is 0 Å². The van der Waals surface area contributed by atoms with Gasteiger partial charge in [0.25, 0.3) is 0 Å². The van der Waals surface area contributed by atoms with E-state index in [-0.39, 0.29) is 11.3 Å². The first-order chi connectivity index (χ1) is 9.75. The summed E-state index contributed by atoms with van der Waals surface area (Å²) < 4.78 is 0. The number of carboxylic acids is 1. The second kappa shape index (κ2) is 6.18. The number of nitrogens with zero attached hydrogens (tertiary/aromatic N) is 1. The first kappa shape index (κ1) is 16.0. The summed E-state index contributed by atoms with van der Waals surface area (Å²) in [6.45, 7) is 11.4. The van der Waals surface area contributed by atoms with Crippen molar-refractivity contribution < 1.29 is 9.90 Å². The van der Waals surface area contributed by atoms with E-state index in [1.54, 1.807) is 0 Å². The van der Waals surface area contributed by atoms with Gasteiger partial charge in [-0.1, -0.05) is 44.5 Å². The first-order valence-electron chi connectivity index (χ1n) is 7.82. The molecule has 1 aliphatic heterocycles. The maximum absolute atomic E-state index is 11.2. The molecule has 0 aliphatic carbocycles. The van der Waals surface area contributed by atoms with Gasteiger partial charge in [-0.25, -0.2) is 0 Å². The minimum absolute atomic E-state index is 0.145. The molecule has 1 aliphatic rings.